The van der Waals surface area contributed by atoms with E-state index in [4.69, 9.17) is 0 Å². The van der Waals surface area contributed by atoms with Crippen molar-refractivity contribution in [1.82, 2.24) is 0 Å². The summed E-state index contributed by atoms with van der Waals surface area (Å²) in [5.41, 5.74) is 4.88. The van der Waals surface area contributed by atoms with Gasteiger partial charge < -0.3 is 24.8 Å². The molecular weight excluding hydrogens is 518 g/mol. The van der Waals surface area contributed by atoms with Crippen molar-refractivity contribution >= 4 is 11.6 Å². The Bertz CT molecular complexity index is 732. The van der Waals surface area contributed by atoms with Gasteiger partial charge in [0.25, 0.3) is 0 Å². The van der Waals surface area contributed by atoms with Crippen LogP contribution in [0.25, 0.3) is 6.08 Å². The molecule has 0 saturated heterocycles. The molecular formula is C20H26Cl2HfSi. The predicted molar refractivity (Wildman–Crippen MR) is 95.9 cm³/mol. The van der Waals surface area contributed by atoms with E-state index in [1.807, 2.05) is 3.33 Å². The molecule has 1 unspecified atom stereocenters. The first-order valence-electron chi connectivity index (χ1n) is 8.23. The number of halogens is 2. The van der Waals surface area contributed by atoms with Crippen LogP contribution in [0.15, 0.2) is 51.4 Å². The van der Waals surface area contributed by atoms with Crippen LogP contribution in [-0.4, -0.2) is 5.49 Å². The van der Waals surface area contributed by atoms with Gasteiger partial charge in [0.2, 0.25) is 0 Å². The summed E-state index contributed by atoms with van der Waals surface area (Å²) in [6.45, 7) is 12.2. The predicted octanol–water partition coefficient (Wildman–Crippen LogP) is -0.108. The van der Waals surface area contributed by atoms with E-state index in [1.165, 1.54) is 12.0 Å². The molecule has 1 aromatic rings. The zero-order chi connectivity index (χ0) is 15.9. The Hall–Kier alpha value is 0.107. The number of hydrogen-bond donors (Lipinski definition) is 0. The van der Waals surface area contributed by atoms with Gasteiger partial charge in [0, 0.05) is 0 Å². The van der Waals surface area contributed by atoms with Gasteiger partial charge in [0.05, 0.1) is 0 Å². The first kappa shape index (κ1) is 22.1. The molecule has 0 spiro atoms. The molecule has 0 radical (unpaired) electrons. The van der Waals surface area contributed by atoms with E-state index in [0.717, 1.165) is 3.67 Å². The number of fused-ring (bicyclic) bond motifs is 1. The van der Waals surface area contributed by atoms with Gasteiger partial charge in [0.1, 0.15) is 0 Å². The van der Waals surface area contributed by atoms with Crippen molar-refractivity contribution in [3.63, 3.8) is 0 Å². The zero-order valence-electron chi connectivity index (χ0n) is 15.2. The second kappa shape index (κ2) is 8.66. The molecule has 24 heavy (non-hydrogen) atoms. The molecule has 128 valence electrons. The SMILES string of the molecule is C[Si](C)=[Hf+2]([C]1=CC=C(C(C)(C)C)C1)[CH]1C=Cc2ccccc21.[Cl-].[Cl-]. The largest absolute Gasteiger partial charge is 1.00 e. The van der Waals surface area contributed by atoms with Crippen molar-refractivity contribution in [3.8, 4) is 0 Å². The molecule has 0 saturated carbocycles. The maximum atomic E-state index is 2.57. The van der Waals surface area contributed by atoms with Crippen molar-refractivity contribution in [2.45, 2.75) is 44.0 Å². The molecule has 0 amide bonds. The maximum absolute atomic E-state index is 2.57. The molecule has 0 nitrogen and oxygen atoms in total. The minimum absolute atomic E-state index is 0. The van der Waals surface area contributed by atoms with E-state index in [9.17, 15) is 0 Å². The van der Waals surface area contributed by atoms with Crippen LogP contribution in [0.4, 0.5) is 0 Å². The summed E-state index contributed by atoms with van der Waals surface area (Å²) in [5, 5.41) is 0. The van der Waals surface area contributed by atoms with Crippen LogP contribution in [0, 0.1) is 5.41 Å². The minimum atomic E-state index is -1.81. The smallest absolute Gasteiger partial charge is 1.00 e. The number of benzene rings is 1. The molecule has 1 atom stereocenters. The van der Waals surface area contributed by atoms with Gasteiger partial charge in [0.15, 0.2) is 0 Å². The van der Waals surface area contributed by atoms with Crippen molar-refractivity contribution in [3.05, 3.63) is 62.5 Å². The first-order chi connectivity index (χ1) is 10.4. The quantitative estimate of drug-likeness (QED) is 0.457. The Morgan fingerprint density at radius 1 is 1.04 bits per heavy atom. The number of hydrogen-bond acceptors (Lipinski definition) is 0. The molecule has 0 heterocycles. The molecule has 1 aromatic carbocycles. The van der Waals surface area contributed by atoms with Gasteiger partial charge in [-0.1, -0.05) is 0 Å². The molecule has 3 rings (SSSR count). The molecule has 0 bridgehead atoms. The van der Waals surface area contributed by atoms with E-state index >= 15 is 0 Å². The third-order valence-electron chi connectivity index (χ3n) is 4.82. The maximum Gasteiger partial charge on any atom is -1.00 e. The molecule has 4 heteroatoms. The third kappa shape index (κ3) is 4.44. The third-order valence-corrected chi connectivity index (χ3v) is 30.5. The molecule has 0 aromatic heterocycles. The van der Waals surface area contributed by atoms with Gasteiger partial charge in [-0.25, -0.2) is 0 Å². The average molecular weight is 544 g/mol. The summed E-state index contributed by atoms with van der Waals surface area (Å²) >= 11 is -1.81. The van der Waals surface area contributed by atoms with E-state index in [0.29, 0.717) is 5.41 Å². The number of rotatable bonds is 2. The fourth-order valence-electron chi connectivity index (χ4n) is 3.56. The van der Waals surface area contributed by atoms with Crippen LogP contribution in [0.2, 0.25) is 13.1 Å². The molecule has 2 aliphatic carbocycles. The standard InChI is InChI=1S/C9H7.C9H13.C2H6Si.2ClH.Hf/c1-2-5-9-7-3-6-8(9)4-1;1-9(2,3)8-6-4-5-7-8;1-3-2;;;/h1-7H;4,6H,7H2,1-3H3;1-2H3;2*1H;/q;;;;;+2/p-2. The summed E-state index contributed by atoms with van der Waals surface area (Å²) in [7, 11) is 0. The first-order valence-corrected chi connectivity index (χ1v) is 20.0. The van der Waals surface area contributed by atoms with Gasteiger partial charge in [-0.2, -0.15) is 0 Å². The van der Waals surface area contributed by atoms with Crippen LogP contribution in [0.1, 0.15) is 42.0 Å². The summed E-state index contributed by atoms with van der Waals surface area (Å²) < 4.78 is 2.67. The monoisotopic (exact) mass is 544 g/mol. The van der Waals surface area contributed by atoms with Crippen LogP contribution in [-0.2, 0) is 20.1 Å². The Kier molecular flexibility index (Phi) is 7.99. The Labute approximate surface area is 167 Å². The van der Waals surface area contributed by atoms with E-state index in [-0.39, 0.29) is 30.3 Å². The van der Waals surface area contributed by atoms with Gasteiger partial charge >= 0.3 is 144 Å². The van der Waals surface area contributed by atoms with Crippen LogP contribution < -0.4 is 24.8 Å². The fourth-order valence-corrected chi connectivity index (χ4v) is 28.8. The Morgan fingerprint density at radius 2 is 1.71 bits per heavy atom. The molecule has 0 fully saturated rings. The molecule has 2 aliphatic rings. The summed E-state index contributed by atoms with van der Waals surface area (Å²) in [5.74, 6) is 0. The average Bonchev–Trinajstić information content (AvgIpc) is 3.06. The van der Waals surface area contributed by atoms with Crippen molar-refractivity contribution in [2.24, 2.45) is 5.41 Å². The fraction of sp³-hybridized carbons (Fsp3) is 0.400. The second-order valence-corrected chi connectivity index (χ2v) is 32.4. The second-order valence-electron chi connectivity index (χ2n) is 7.69. The van der Waals surface area contributed by atoms with Crippen LogP contribution >= 0.6 is 0 Å². The summed E-state index contributed by atoms with van der Waals surface area (Å²) in [6, 6.07) is 9.06. The van der Waals surface area contributed by atoms with Gasteiger partial charge in [-0.3, -0.25) is 0 Å². The topological polar surface area (TPSA) is 0 Å². The Balaban J connectivity index is 0.00000144. The van der Waals surface area contributed by atoms with E-state index < -0.39 is 20.1 Å². The van der Waals surface area contributed by atoms with Crippen LogP contribution in [0.5, 0.6) is 0 Å². The van der Waals surface area contributed by atoms with E-state index in [1.54, 1.807) is 11.1 Å². The van der Waals surface area contributed by atoms with Crippen molar-refractivity contribution in [2.75, 3.05) is 0 Å². The van der Waals surface area contributed by atoms with Gasteiger partial charge in [-0.05, 0) is 0 Å². The normalized spacial score (nSPS) is 17.8. The van der Waals surface area contributed by atoms with E-state index in [2.05, 4.69) is 82.4 Å². The minimum Gasteiger partial charge on any atom is -1.00 e. The summed E-state index contributed by atoms with van der Waals surface area (Å²) in [4.78, 5) is 0. The van der Waals surface area contributed by atoms with Crippen molar-refractivity contribution in [1.29, 1.82) is 0 Å². The molecule has 0 N–H and O–H groups in total. The van der Waals surface area contributed by atoms with Crippen LogP contribution in [0.3, 0.4) is 0 Å². The zero-order valence-corrected chi connectivity index (χ0v) is 21.3. The van der Waals surface area contributed by atoms with Crippen molar-refractivity contribution < 1.29 is 44.9 Å². The number of allylic oxidation sites excluding steroid dienone is 5. The van der Waals surface area contributed by atoms with Gasteiger partial charge in [-0.15, -0.1) is 0 Å². The molecule has 0 aliphatic heterocycles. The summed E-state index contributed by atoms with van der Waals surface area (Å²) in [6.07, 6.45) is 11.2. The Morgan fingerprint density at radius 3 is 2.29 bits per heavy atom.